The lowest BCUT2D eigenvalue weighted by molar-refractivity contribution is -0.127. The predicted molar refractivity (Wildman–Crippen MR) is 71.7 cm³/mol. The minimum absolute atomic E-state index is 0.00538. The molecule has 2 atom stereocenters. The van der Waals surface area contributed by atoms with E-state index in [1.165, 1.54) is 25.1 Å². The van der Waals surface area contributed by atoms with Gasteiger partial charge in [-0.2, -0.15) is 0 Å². The number of ether oxygens (including phenoxy) is 1. The molecule has 1 N–H and O–H groups in total. The standard InChI is InChI=1S/C13H16FNO4S/c1-9(19-12-5-3-2-4-11(12)14)13(16)15-10-6-7-20(17,18)8-10/h2-5,9-10H,6-8H2,1H3,(H,15,16)/t9-,10+/m0/s1. The quantitative estimate of drug-likeness (QED) is 0.896. The molecular formula is C13H16FNO4S. The monoisotopic (exact) mass is 301 g/mol. The van der Waals surface area contributed by atoms with Crippen molar-refractivity contribution in [3.63, 3.8) is 0 Å². The summed E-state index contributed by atoms with van der Waals surface area (Å²) in [6.45, 7) is 1.49. The third-order valence-corrected chi connectivity index (χ3v) is 4.86. The van der Waals surface area contributed by atoms with Crippen molar-refractivity contribution >= 4 is 15.7 Å². The molecular weight excluding hydrogens is 285 g/mol. The highest BCUT2D eigenvalue weighted by Gasteiger charge is 2.30. The molecule has 5 nitrogen and oxygen atoms in total. The highest BCUT2D eigenvalue weighted by Crippen LogP contribution is 2.17. The maximum atomic E-state index is 13.4. The number of carbonyl (C=O) groups excluding carboxylic acids is 1. The van der Waals surface area contributed by atoms with Crippen LogP contribution in [0, 0.1) is 5.82 Å². The van der Waals surface area contributed by atoms with E-state index in [1.807, 2.05) is 0 Å². The fourth-order valence-electron chi connectivity index (χ4n) is 2.01. The van der Waals surface area contributed by atoms with Crippen LogP contribution in [-0.4, -0.2) is 38.0 Å². The first-order chi connectivity index (χ1) is 9.37. The average molecular weight is 301 g/mol. The van der Waals surface area contributed by atoms with Gasteiger partial charge in [0, 0.05) is 6.04 Å². The molecule has 0 bridgehead atoms. The molecule has 1 amide bonds. The second-order valence-electron chi connectivity index (χ2n) is 4.80. The first kappa shape index (κ1) is 14.8. The van der Waals surface area contributed by atoms with Crippen LogP contribution < -0.4 is 10.1 Å². The highest BCUT2D eigenvalue weighted by molar-refractivity contribution is 7.91. The Hall–Kier alpha value is -1.63. The van der Waals surface area contributed by atoms with E-state index in [2.05, 4.69) is 5.32 Å². The van der Waals surface area contributed by atoms with E-state index in [0.717, 1.165) is 0 Å². The van der Waals surface area contributed by atoms with Crippen LogP contribution in [-0.2, 0) is 14.6 Å². The summed E-state index contributed by atoms with van der Waals surface area (Å²) in [4.78, 5) is 11.9. The lowest BCUT2D eigenvalue weighted by Crippen LogP contribution is -2.43. The van der Waals surface area contributed by atoms with Gasteiger partial charge in [-0.15, -0.1) is 0 Å². The molecule has 1 fully saturated rings. The number of sulfone groups is 1. The Morgan fingerprint density at radius 1 is 1.45 bits per heavy atom. The minimum Gasteiger partial charge on any atom is -0.478 e. The summed E-state index contributed by atoms with van der Waals surface area (Å²) in [5.41, 5.74) is 0. The zero-order valence-electron chi connectivity index (χ0n) is 11.0. The summed E-state index contributed by atoms with van der Waals surface area (Å²) in [5.74, 6) is -0.966. The number of benzene rings is 1. The predicted octanol–water partition coefficient (Wildman–Crippen LogP) is 0.896. The topological polar surface area (TPSA) is 72.5 Å². The Labute approximate surface area is 117 Å². The lowest BCUT2D eigenvalue weighted by atomic mass is 10.2. The van der Waals surface area contributed by atoms with E-state index < -0.39 is 27.7 Å². The molecule has 1 aliphatic rings. The molecule has 0 aliphatic carbocycles. The molecule has 0 aromatic heterocycles. The van der Waals surface area contributed by atoms with Crippen LogP contribution >= 0.6 is 0 Å². The van der Waals surface area contributed by atoms with Crippen LogP contribution in [0.4, 0.5) is 4.39 Å². The summed E-state index contributed by atoms with van der Waals surface area (Å²) >= 11 is 0. The van der Waals surface area contributed by atoms with Gasteiger partial charge < -0.3 is 10.1 Å². The molecule has 110 valence electrons. The lowest BCUT2D eigenvalue weighted by Gasteiger charge is -2.17. The summed E-state index contributed by atoms with van der Waals surface area (Å²) in [6, 6.07) is 5.41. The van der Waals surface area contributed by atoms with E-state index in [4.69, 9.17) is 4.74 Å². The van der Waals surface area contributed by atoms with E-state index >= 15 is 0 Å². The highest BCUT2D eigenvalue weighted by atomic mass is 32.2. The fraction of sp³-hybridized carbons (Fsp3) is 0.462. The van der Waals surface area contributed by atoms with Crippen molar-refractivity contribution in [1.82, 2.24) is 5.32 Å². The van der Waals surface area contributed by atoms with Crippen molar-refractivity contribution in [2.24, 2.45) is 0 Å². The van der Waals surface area contributed by atoms with E-state index in [9.17, 15) is 17.6 Å². The normalized spacial score (nSPS) is 22.2. The molecule has 0 spiro atoms. The average Bonchev–Trinajstić information content (AvgIpc) is 2.71. The fourth-order valence-corrected chi connectivity index (χ4v) is 3.69. The molecule has 0 unspecified atom stereocenters. The van der Waals surface area contributed by atoms with Crippen LogP contribution in [0.2, 0.25) is 0 Å². The van der Waals surface area contributed by atoms with Crippen LogP contribution in [0.3, 0.4) is 0 Å². The SMILES string of the molecule is C[C@H](Oc1ccccc1F)C(=O)N[C@@H]1CCS(=O)(=O)C1. The molecule has 1 aromatic carbocycles. The smallest absolute Gasteiger partial charge is 0.261 e. The van der Waals surface area contributed by atoms with Crippen molar-refractivity contribution in [3.8, 4) is 5.75 Å². The number of hydrogen-bond donors (Lipinski definition) is 1. The Bertz CT molecular complexity index is 602. The van der Waals surface area contributed by atoms with Gasteiger partial charge in [0.05, 0.1) is 11.5 Å². The second kappa shape index (κ2) is 5.78. The van der Waals surface area contributed by atoms with Crippen LogP contribution in [0.5, 0.6) is 5.75 Å². The number of hydrogen-bond acceptors (Lipinski definition) is 4. The summed E-state index contributed by atoms with van der Waals surface area (Å²) in [6.07, 6.45) is -0.490. The Kier molecular flexibility index (Phi) is 4.27. The molecule has 1 saturated heterocycles. The zero-order chi connectivity index (χ0) is 14.8. The van der Waals surface area contributed by atoms with Gasteiger partial charge in [-0.25, -0.2) is 12.8 Å². The minimum atomic E-state index is -3.05. The van der Waals surface area contributed by atoms with Crippen molar-refractivity contribution < 1.29 is 22.3 Å². The van der Waals surface area contributed by atoms with Gasteiger partial charge in [-0.1, -0.05) is 12.1 Å². The van der Waals surface area contributed by atoms with Gasteiger partial charge in [0.25, 0.3) is 5.91 Å². The summed E-state index contributed by atoms with van der Waals surface area (Å²) in [5, 5.41) is 2.61. The molecule has 0 saturated carbocycles. The van der Waals surface area contributed by atoms with E-state index in [1.54, 1.807) is 6.07 Å². The van der Waals surface area contributed by atoms with Gasteiger partial charge in [-0.3, -0.25) is 4.79 Å². The number of halogens is 1. The Balaban J connectivity index is 1.91. The maximum Gasteiger partial charge on any atom is 0.261 e. The molecule has 20 heavy (non-hydrogen) atoms. The van der Waals surface area contributed by atoms with Gasteiger partial charge in [0.15, 0.2) is 27.5 Å². The first-order valence-corrected chi connectivity index (χ1v) is 8.11. The van der Waals surface area contributed by atoms with Crippen molar-refractivity contribution in [2.75, 3.05) is 11.5 Å². The van der Waals surface area contributed by atoms with Crippen molar-refractivity contribution in [2.45, 2.75) is 25.5 Å². The van der Waals surface area contributed by atoms with Gasteiger partial charge in [-0.05, 0) is 25.5 Å². The number of nitrogens with one attached hydrogen (secondary N) is 1. The molecule has 7 heteroatoms. The van der Waals surface area contributed by atoms with Crippen LogP contribution in [0.15, 0.2) is 24.3 Å². The van der Waals surface area contributed by atoms with E-state index in [0.29, 0.717) is 6.42 Å². The number of amides is 1. The van der Waals surface area contributed by atoms with Gasteiger partial charge >= 0.3 is 0 Å². The van der Waals surface area contributed by atoms with Crippen LogP contribution in [0.25, 0.3) is 0 Å². The number of rotatable bonds is 4. The third-order valence-electron chi connectivity index (χ3n) is 3.09. The largest absolute Gasteiger partial charge is 0.478 e. The van der Waals surface area contributed by atoms with Crippen molar-refractivity contribution in [3.05, 3.63) is 30.1 Å². The maximum absolute atomic E-state index is 13.4. The third kappa shape index (κ3) is 3.69. The Morgan fingerprint density at radius 2 is 2.15 bits per heavy atom. The Morgan fingerprint density at radius 3 is 2.75 bits per heavy atom. The van der Waals surface area contributed by atoms with Gasteiger partial charge in [0.2, 0.25) is 0 Å². The molecule has 1 aliphatic heterocycles. The number of carbonyl (C=O) groups is 1. The zero-order valence-corrected chi connectivity index (χ0v) is 11.8. The molecule has 0 radical (unpaired) electrons. The summed E-state index contributed by atoms with van der Waals surface area (Å²) < 4.78 is 41.2. The van der Waals surface area contributed by atoms with Gasteiger partial charge in [0.1, 0.15) is 0 Å². The molecule has 2 rings (SSSR count). The van der Waals surface area contributed by atoms with Crippen molar-refractivity contribution in [1.29, 1.82) is 0 Å². The van der Waals surface area contributed by atoms with E-state index in [-0.39, 0.29) is 23.3 Å². The first-order valence-electron chi connectivity index (χ1n) is 6.29. The van der Waals surface area contributed by atoms with Crippen LogP contribution in [0.1, 0.15) is 13.3 Å². The summed E-state index contributed by atoms with van der Waals surface area (Å²) in [7, 11) is -3.05. The second-order valence-corrected chi connectivity index (χ2v) is 7.03. The molecule has 1 heterocycles. The number of para-hydroxylation sites is 1. The molecule has 1 aromatic rings.